The number of rotatable bonds is 4. The maximum atomic E-state index is 11.6. The molecule has 3 N–H and O–H groups in total. The fourth-order valence-electron chi connectivity index (χ4n) is 1.91. The van der Waals surface area contributed by atoms with Gasteiger partial charge in [-0.05, 0) is 41.8 Å². The Labute approximate surface area is 115 Å². The molecule has 0 aromatic carbocycles. The Kier molecular flexibility index (Phi) is 4.71. The Morgan fingerprint density at radius 3 is 2.94 bits per heavy atom. The molecule has 2 rings (SSSR count). The Morgan fingerprint density at radius 1 is 1.56 bits per heavy atom. The highest BCUT2D eigenvalue weighted by molar-refractivity contribution is 7.99. The minimum atomic E-state index is -0.428. The summed E-state index contributed by atoms with van der Waals surface area (Å²) in [4.78, 5) is 11.6. The van der Waals surface area contributed by atoms with Gasteiger partial charge in [-0.1, -0.05) is 0 Å². The molecule has 5 nitrogen and oxygen atoms in total. The van der Waals surface area contributed by atoms with Gasteiger partial charge in [0.05, 0.1) is 7.11 Å². The molecule has 0 bridgehead atoms. The van der Waals surface area contributed by atoms with Crippen molar-refractivity contribution in [2.24, 2.45) is 5.92 Å². The lowest BCUT2D eigenvalue weighted by Crippen LogP contribution is -2.19. The van der Waals surface area contributed by atoms with Crippen LogP contribution in [0.3, 0.4) is 0 Å². The summed E-state index contributed by atoms with van der Waals surface area (Å²) in [6.45, 7) is 0.867. The van der Waals surface area contributed by atoms with E-state index in [4.69, 9.17) is 10.5 Å². The number of methoxy groups -OCH3 is 1. The van der Waals surface area contributed by atoms with Crippen molar-refractivity contribution in [3.63, 3.8) is 0 Å². The van der Waals surface area contributed by atoms with Crippen molar-refractivity contribution in [1.82, 2.24) is 4.37 Å². The van der Waals surface area contributed by atoms with Gasteiger partial charge in [-0.15, -0.1) is 0 Å². The number of esters is 1. The van der Waals surface area contributed by atoms with Crippen LogP contribution in [-0.2, 0) is 4.74 Å². The van der Waals surface area contributed by atoms with Crippen LogP contribution in [0.25, 0.3) is 0 Å². The number of nitrogens with one attached hydrogen (secondary N) is 1. The fourth-order valence-corrected chi connectivity index (χ4v) is 3.82. The number of nitrogen functional groups attached to an aromatic ring is 1. The fraction of sp³-hybridized carbons (Fsp3) is 0.636. The van der Waals surface area contributed by atoms with Gasteiger partial charge in [0.15, 0.2) is 5.82 Å². The second-order valence-electron chi connectivity index (χ2n) is 4.20. The van der Waals surface area contributed by atoms with E-state index < -0.39 is 5.97 Å². The molecule has 0 amide bonds. The van der Waals surface area contributed by atoms with Crippen LogP contribution in [0.2, 0.25) is 0 Å². The first-order chi connectivity index (χ1) is 8.72. The van der Waals surface area contributed by atoms with Crippen LogP contribution in [0, 0.1) is 5.92 Å². The van der Waals surface area contributed by atoms with Crippen molar-refractivity contribution in [1.29, 1.82) is 0 Å². The number of ether oxygens (including phenoxy) is 1. The van der Waals surface area contributed by atoms with Crippen LogP contribution in [0.1, 0.15) is 23.2 Å². The lowest BCUT2D eigenvalue weighted by Gasteiger charge is -2.21. The minimum Gasteiger partial charge on any atom is -0.465 e. The third kappa shape index (κ3) is 3.08. The van der Waals surface area contributed by atoms with Crippen LogP contribution in [0.4, 0.5) is 10.8 Å². The number of thioether (sulfide) groups is 1. The standard InChI is InChI=1S/C11H17N3O2S2/c1-16-11(15)8-9(12)14-18-10(8)13-6-7-2-4-17-5-3-7/h7,13H,2-6H2,1H3,(H2,12,14). The van der Waals surface area contributed by atoms with Crippen molar-refractivity contribution in [3.05, 3.63) is 5.56 Å². The van der Waals surface area contributed by atoms with E-state index in [2.05, 4.69) is 9.69 Å². The normalized spacial score (nSPS) is 16.5. The van der Waals surface area contributed by atoms with Crippen LogP contribution in [0.5, 0.6) is 0 Å². The molecule has 0 atom stereocenters. The molecule has 1 fully saturated rings. The smallest absolute Gasteiger partial charge is 0.344 e. The number of carbonyl (C=O) groups is 1. The molecule has 1 aromatic rings. The number of nitrogens with two attached hydrogens (primary N) is 1. The van der Waals surface area contributed by atoms with Gasteiger partial charge < -0.3 is 15.8 Å². The topological polar surface area (TPSA) is 77.2 Å². The molecule has 7 heteroatoms. The molecule has 1 saturated heterocycles. The van der Waals surface area contributed by atoms with Gasteiger partial charge in [-0.25, -0.2) is 4.79 Å². The third-order valence-electron chi connectivity index (χ3n) is 3.00. The zero-order chi connectivity index (χ0) is 13.0. The summed E-state index contributed by atoms with van der Waals surface area (Å²) < 4.78 is 8.71. The molecule has 0 saturated carbocycles. The summed E-state index contributed by atoms with van der Waals surface area (Å²) in [6, 6.07) is 0. The van der Waals surface area contributed by atoms with Gasteiger partial charge in [0.2, 0.25) is 0 Å². The van der Waals surface area contributed by atoms with Crippen LogP contribution in [-0.4, -0.2) is 35.5 Å². The predicted octanol–water partition coefficient (Wildman–Crippen LogP) is 2.07. The summed E-state index contributed by atoms with van der Waals surface area (Å²) in [6.07, 6.45) is 2.44. The molecule has 0 spiro atoms. The first-order valence-electron chi connectivity index (χ1n) is 5.87. The average molecular weight is 287 g/mol. The maximum absolute atomic E-state index is 11.6. The predicted molar refractivity (Wildman–Crippen MR) is 76.4 cm³/mol. The second kappa shape index (κ2) is 6.29. The summed E-state index contributed by atoms with van der Waals surface area (Å²) in [7, 11) is 1.35. The van der Waals surface area contributed by atoms with Gasteiger partial charge in [-0.3, -0.25) is 0 Å². The Hall–Kier alpha value is -0.950. The van der Waals surface area contributed by atoms with E-state index in [1.54, 1.807) is 0 Å². The van der Waals surface area contributed by atoms with Crippen molar-refractivity contribution >= 4 is 40.1 Å². The molecule has 0 aliphatic carbocycles. The van der Waals surface area contributed by atoms with Crippen LogP contribution >= 0.6 is 23.3 Å². The molecule has 100 valence electrons. The molecular weight excluding hydrogens is 270 g/mol. The van der Waals surface area contributed by atoms with E-state index in [1.165, 1.54) is 43.0 Å². The van der Waals surface area contributed by atoms with Gasteiger partial charge >= 0.3 is 5.97 Å². The van der Waals surface area contributed by atoms with E-state index in [-0.39, 0.29) is 5.82 Å². The van der Waals surface area contributed by atoms with E-state index in [1.807, 2.05) is 11.8 Å². The van der Waals surface area contributed by atoms with E-state index in [0.29, 0.717) is 11.5 Å². The summed E-state index contributed by atoms with van der Waals surface area (Å²) in [5, 5.41) is 4.00. The van der Waals surface area contributed by atoms with Gasteiger partial charge in [0.25, 0.3) is 0 Å². The maximum Gasteiger partial charge on any atom is 0.344 e. The van der Waals surface area contributed by atoms with E-state index in [0.717, 1.165) is 11.5 Å². The number of hydrogen-bond acceptors (Lipinski definition) is 7. The average Bonchev–Trinajstić information content (AvgIpc) is 2.78. The van der Waals surface area contributed by atoms with Crippen molar-refractivity contribution < 1.29 is 9.53 Å². The van der Waals surface area contributed by atoms with Crippen molar-refractivity contribution in [2.75, 3.05) is 36.2 Å². The lowest BCUT2D eigenvalue weighted by molar-refractivity contribution is 0.0603. The largest absolute Gasteiger partial charge is 0.465 e. The molecule has 0 radical (unpaired) electrons. The van der Waals surface area contributed by atoms with Gasteiger partial charge in [0, 0.05) is 6.54 Å². The third-order valence-corrected chi connectivity index (χ3v) is 4.87. The second-order valence-corrected chi connectivity index (χ2v) is 6.20. The molecule has 1 aromatic heterocycles. The minimum absolute atomic E-state index is 0.244. The zero-order valence-electron chi connectivity index (χ0n) is 10.3. The molecule has 1 aliphatic rings. The van der Waals surface area contributed by atoms with E-state index >= 15 is 0 Å². The van der Waals surface area contributed by atoms with Crippen LogP contribution in [0.15, 0.2) is 0 Å². The summed E-state index contributed by atoms with van der Waals surface area (Å²) in [5.74, 6) is 2.93. The van der Waals surface area contributed by atoms with Crippen LogP contribution < -0.4 is 11.1 Å². The Bertz CT molecular complexity index is 416. The molecule has 2 heterocycles. The number of aromatic nitrogens is 1. The van der Waals surface area contributed by atoms with Gasteiger partial charge in [0.1, 0.15) is 10.6 Å². The molecule has 0 unspecified atom stereocenters. The van der Waals surface area contributed by atoms with Gasteiger partial charge in [-0.2, -0.15) is 16.1 Å². The zero-order valence-corrected chi connectivity index (χ0v) is 11.9. The first-order valence-corrected chi connectivity index (χ1v) is 7.80. The number of hydrogen-bond donors (Lipinski definition) is 2. The molecule has 18 heavy (non-hydrogen) atoms. The Balaban J connectivity index is 1.98. The quantitative estimate of drug-likeness (QED) is 0.826. The summed E-state index contributed by atoms with van der Waals surface area (Å²) >= 11 is 3.22. The number of nitrogens with zero attached hydrogens (tertiary/aromatic N) is 1. The highest BCUT2D eigenvalue weighted by atomic mass is 32.2. The van der Waals surface area contributed by atoms with E-state index in [9.17, 15) is 4.79 Å². The number of anilines is 2. The highest BCUT2D eigenvalue weighted by Gasteiger charge is 2.21. The molecule has 1 aliphatic heterocycles. The molecular formula is C11H17N3O2S2. The first kappa shape index (κ1) is 13.5. The SMILES string of the molecule is COC(=O)c1c(N)nsc1NCC1CCSCC1. The highest BCUT2D eigenvalue weighted by Crippen LogP contribution is 2.29. The van der Waals surface area contributed by atoms with Crippen molar-refractivity contribution in [3.8, 4) is 0 Å². The summed E-state index contributed by atoms with van der Waals surface area (Å²) in [5.41, 5.74) is 6.05. The van der Waals surface area contributed by atoms with Crippen molar-refractivity contribution in [2.45, 2.75) is 12.8 Å². The Morgan fingerprint density at radius 2 is 2.28 bits per heavy atom. The lowest BCUT2D eigenvalue weighted by atomic mass is 10.0. The monoisotopic (exact) mass is 287 g/mol. The number of carbonyl (C=O) groups excluding carboxylic acids is 1.